The third-order valence-electron chi connectivity index (χ3n) is 4.72. The smallest absolute Gasteiger partial charge is 0.254 e. The first kappa shape index (κ1) is 13.7. The minimum atomic E-state index is 0.148. The molecule has 1 atom stereocenters. The van der Waals surface area contributed by atoms with E-state index in [2.05, 4.69) is 12.2 Å². The van der Waals surface area contributed by atoms with Gasteiger partial charge in [-0.15, -0.1) is 0 Å². The fourth-order valence-electron chi connectivity index (χ4n) is 3.26. The summed E-state index contributed by atoms with van der Waals surface area (Å²) in [5, 5.41) is 4.32. The molecule has 2 heterocycles. The van der Waals surface area contributed by atoms with Gasteiger partial charge in [-0.05, 0) is 31.9 Å². The van der Waals surface area contributed by atoms with E-state index in [1.165, 1.54) is 12.8 Å². The SMILES string of the molecule is C[C@@H]1CNCCN1C(=O)c1cc(C2CC2)nc2ccccc12. The number of aromatic nitrogens is 1. The Labute approximate surface area is 130 Å². The molecule has 114 valence electrons. The van der Waals surface area contributed by atoms with Crippen molar-refractivity contribution in [2.24, 2.45) is 0 Å². The van der Waals surface area contributed by atoms with Crippen molar-refractivity contribution in [3.63, 3.8) is 0 Å². The molecule has 1 saturated carbocycles. The molecule has 2 aromatic rings. The number of fused-ring (bicyclic) bond motifs is 1. The van der Waals surface area contributed by atoms with Crippen molar-refractivity contribution in [3.8, 4) is 0 Å². The van der Waals surface area contributed by atoms with E-state index in [9.17, 15) is 4.79 Å². The summed E-state index contributed by atoms with van der Waals surface area (Å²) in [5.41, 5.74) is 2.85. The van der Waals surface area contributed by atoms with Crippen molar-refractivity contribution in [1.82, 2.24) is 15.2 Å². The highest BCUT2D eigenvalue weighted by Gasteiger charge is 2.29. The normalized spacial score (nSPS) is 22.0. The number of para-hydroxylation sites is 1. The van der Waals surface area contributed by atoms with E-state index in [0.717, 1.165) is 41.8 Å². The molecule has 4 heteroatoms. The van der Waals surface area contributed by atoms with Crippen LogP contribution < -0.4 is 5.32 Å². The summed E-state index contributed by atoms with van der Waals surface area (Å²) in [5.74, 6) is 0.700. The zero-order valence-corrected chi connectivity index (χ0v) is 12.9. The number of pyridine rings is 1. The number of hydrogen-bond donors (Lipinski definition) is 1. The van der Waals surface area contributed by atoms with Crippen LogP contribution in [0.4, 0.5) is 0 Å². The summed E-state index contributed by atoms with van der Waals surface area (Å²) in [7, 11) is 0. The Morgan fingerprint density at radius 3 is 2.91 bits per heavy atom. The first-order valence-electron chi connectivity index (χ1n) is 8.15. The van der Waals surface area contributed by atoms with Gasteiger partial charge >= 0.3 is 0 Å². The van der Waals surface area contributed by atoms with E-state index in [4.69, 9.17) is 4.98 Å². The van der Waals surface area contributed by atoms with Gasteiger partial charge in [0.1, 0.15) is 0 Å². The van der Waals surface area contributed by atoms with E-state index in [-0.39, 0.29) is 11.9 Å². The molecule has 4 rings (SSSR count). The zero-order chi connectivity index (χ0) is 15.1. The molecule has 1 aromatic carbocycles. The molecule has 2 fully saturated rings. The van der Waals surface area contributed by atoms with Crippen LogP contribution in [0.2, 0.25) is 0 Å². The van der Waals surface area contributed by atoms with Gasteiger partial charge in [0, 0.05) is 42.7 Å². The Hall–Kier alpha value is -1.94. The predicted octanol–water partition coefficient (Wildman–Crippen LogP) is 2.55. The third-order valence-corrected chi connectivity index (χ3v) is 4.72. The molecular weight excluding hydrogens is 274 g/mol. The van der Waals surface area contributed by atoms with Crippen LogP contribution in [0.25, 0.3) is 10.9 Å². The van der Waals surface area contributed by atoms with Gasteiger partial charge < -0.3 is 10.2 Å². The Morgan fingerprint density at radius 2 is 2.14 bits per heavy atom. The fourth-order valence-corrected chi connectivity index (χ4v) is 3.26. The van der Waals surface area contributed by atoms with Crippen LogP contribution in [0.15, 0.2) is 30.3 Å². The van der Waals surface area contributed by atoms with Crippen LogP contribution >= 0.6 is 0 Å². The Morgan fingerprint density at radius 1 is 1.32 bits per heavy atom. The molecule has 22 heavy (non-hydrogen) atoms. The van der Waals surface area contributed by atoms with Gasteiger partial charge in [-0.3, -0.25) is 9.78 Å². The fraction of sp³-hybridized carbons (Fsp3) is 0.444. The molecular formula is C18H21N3O. The Bertz CT molecular complexity index is 723. The van der Waals surface area contributed by atoms with E-state index >= 15 is 0 Å². The molecule has 1 amide bonds. The molecule has 1 aromatic heterocycles. The van der Waals surface area contributed by atoms with Gasteiger partial charge in [-0.2, -0.15) is 0 Å². The van der Waals surface area contributed by atoms with Crippen LogP contribution in [0.5, 0.6) is 0 Å². The molecule has 0 bridgehead atoms. The third kappa shape index (κ3) is 2.37. The van der Waals surface area contributed by atoms with Crippen molar-refractivity contribution in [3.05, 3.63) is 41.6 Å². The number of piperazine rings is 1. The van der Waals surface area contributed by atoms with Gasteiger partial charge in [0.05, 0.1) is 11.1 Å². The van der Waals surface area contributed by atoms with Gasteiger partial charge in [0.25, 0.3) is 5.91 Å². The van der Waals surface area contributed by atoms with Gasteiger partial charge in [0.15, 0.2) is 0 Å². The monoisotopic (exact) mass is 295 g/mol. The van der Waals surface area contributed by atoms with Crippen molar-refractivity contribution in [1.29, 1.82) is 0 Å². The van der Waals surface area contributed by atoms with Crippen molar-refractivity contribution < 1.29 is 4.79 Å². The van der Waals surface area contributed by atoms with Crippen LogP contribution in [-0.4, -0.2) is 41.5 Å². The molecule has 2 aliphatic rings. The minimum Gasteiger partial charge on any atom is -0.333 e. The second kappa shape index (κ2) is 5.36. The topological polar surface area (TPSA) is 45.2 Å². The summed E-state index contributed by atoms with van der Waals surface area (Å²) in [4.78, 5) is 19.8. The van der Waals surface area contributed by atoms with E-state index in [1.807, 2.05) is 35.2 Å². The molecule has 1 saturated heterocycles. The number of rotatable bonds is 2. The number of nitrogens with one attached hydrogen (secondary N) is 1. The number of amides is 1. The first-order chi connectivity index (χ1) is 10.7. The van der Waals surface area contributed by atoms with Crippen LogP contribution in [0, 0.1) is 0 Å². The van der Waals surface area contributed by atoms with Gasteiger partial charge in [0.2, 0.25) is 0 Å². The summed E-state index contributed by atoms with van der Waals surface area (Å²) >= 11 is 0. The lowest BCUT2D eigenvalue weighted by Gasteiger charge is -2.34. The highest BCUT2D eigenvalue weighted by atomic mass is 16.2. The molecule has 4 nitrogen and oxygen atoms in total. The quantitative estimate of drug-likeness (QED) is 0.926. The lowest BCUT2D eigenvalue weighted by atomic mass is 10.0. The maximum absolute atomic E-state index is 13.1. The van der Waals surface area contributed by atoms with E-state index in [1.54, 1.807) is 0 Å². The molecule has 0 radical (unpaired) electrons. The number of carbonyl (C=O) groups excluding carboxylic acids is 1. The summed E-state index contributed by atoms with van der Waals surface area (Å²) < 4.78 is 0. The number of hydrogen-bond acceptors (Lipinski definition) is 3. The maximum Gasteiger partial charge on any atom is 0.254 e. The first-order valence-corrected chi connectivity index (χ1v) is 8.15. The van der Waals surface area contributed by atoms with Crippen LogP contribution in [0.3, 0.4) is 0 Å². The summed E-state index contributed by atoms with van der Waals surface area (Å²) in [6, 6.07) is 10.3. The average molecular weight is 295 g/mol. The predicted molar refractivity (Wildman–Crippen MR) is 87.1 cm³/mol. The largest absolute Gasteiger partial charge is 0.333 e. The van der Waals surface area contributed by atoms with Gasteiger partial charge in [-0.1, -0.05) is 18.2 Å². The number of benzene rings is 1. The molecule has 0 spiro atoms. The zero-order valence-electron chi connectivity index (χ0n) is 12.9. The molecule has 0 unspecified atom stereocenters. The van der Waals surface area contributed by atoms with Crippen LogP contribution in [0.1, 0.15) is 41.7 Å². The standard InChI is InChI=1S/C18H21N3O/c1-12-11-19-8-9-21(12)18(22)15-10-17(13-6-7-13)20-16-5-3-2-4-14(15)16/h2-5,10,12-13,19H,6-9,11H2,1H3/t12-/m1/s1. The molecule has 1 N–H and O–H groups in total. The van der Waals surface area contributed by atoms with Gasteiger partial charge in [-0.25, -0.2) is 0 Å². The summed E-state index contributed by atoms with van der Waals surface area (Å²) in [6.07, 6.45) is 2.39. The second-order valence-electron chi connectivity index (χ2n) is 6.44. The Kier molecular flexibility index (Phi) is 3.34. The number of nitrogens with zero attached hydrogens (tertiary/aromatic N) is 2. The maximum atomic E-state index is 13.1. The van der Waals surface area contributed by atoms with Crippen LogP contribution in [-0.2, 0) is 0 Å². The molecule has 1 aliphatic heterocycles. The highest BCUT2D eigenvalue weighted by molar-refractivity contribution is 6.06. The lowest BCUT2D eigenvalue weighted by Crippen LogP contribution is -2.52. The summed E-state index contributed by atoms with van der Waals surface area (Å²) in [6.45, 7) is 4.61. The minimum absolute atomic E-state index is 0.148. The average Bonchev–Trinajstić information content (AvgIpc) is 3.38. The van der Waals surface area contributed by atoms with Crippen molar-refractivity contribution in [2.75, 3.05) is 19.6 Å². The Balaban J connectivity index is 1.80. The van der Waals surface area contributed by atoms with E-state index < -0.39 is 0 Å². The van der Waals surface area contributed by atoms with Crippen molar-refractivity contribution in [2.45, 2.75) is 31.7 Å². The second-order valence-corrected chi connectivity index (χ2v) is 6.44. The van der Waals surface area contributed by atoms with E-state index in [0.29, 0.717) is 5.92 Å². The molecule has 1 aliphatic carbocycles. The number of carbonyl (C=O) groups is 1. The highest BCUT2D eigenvalue weighted by Crippen LogP contribution is 2.40. The lowest BCUT2D eigenvalue weighted by molar-refractivity contribution is 0.0657. The van der Waals surface area contributed by atoms with Crippen molar-refractivity contribution >= 4 is 16.8 Å².